The molecule has 0 spiro atoms. The Morgan fingerprint density at radius 2 is 0.500 bits per heavy atom. The van der Waals surface area contributed by atoms with Crippen LogP contribution in [0.4, 0.5) is 0 Å². The molecule has 3 N–H and O–H groups in total. The molecule has 0 bridgehead atoms. The second-order valence-corrected chi connectivity index (χ2v) is 30.2. The van der Waals surface area contributed by atoms with Crippen LogP contribution < -0.4 is 0 Å². The summed E-state index contributed by atoms with van der Waals surface area (Å²) >= 11 is 0. The van der Waals surface area contributed by atoms with Gasteiger partial charge < -0.3 is 33.8 Å². The largest absolute Gasteiger partial charge is 0.472 e. The number of hydrogen-bond donors (Lipinski definition) is 3. The van der Waals surface area contributed by atoms with Crippen LogP contribution in [0.1, 0.15) is 375 Å². The molecule has 0 aliphatic heterocycles. The molecule has 17 nitrogen and oxygen atoms in total. The number of rotatable bonds is 72. The zero-order valence-electron chi connectivity index (χ0n) is 59.9. The van der Waals surface area contributed by atoms with Crippen molar-refractivity contribution < 1.29 is 80.2 Å². The number of ether oxygens (including phenoxy) is 4. The topological polar surface area (TPSA) is 237 Å². The summed E-state index contributed by atoms with van der Waals surface area (Å²) in [7, 11) is -9.90. The number of aliphatic hydroxyl groups excluding tert-OH is 1. The van der Waals surface area contributed by atoms with E-state index in [-0.39, 0.29) is 25.7 Å². The van der Waals surface area contributed by atoms with Crippen molar-refractivity contribution in [3.63, 3.8) is 0 Å². The average Bonchev–Trinajstić information content (AvgIpc) is 1.54. The number of carbonyl (C=O) groups excluding carboxylic acids is 4. The van der Waals surface area contributed by atoms with Crippen LogP contribution in [-0.4, -0.2) is 96.7 Å². The molecule has 546 valence electrons. The van der Waals surface area contributed by atoms with Crippen LogP contribution in [0.2, 0.25) is 0 Å². The van der Waals surface area contributed by atoms with E-state index in [0.29, 0.717) is 31.6 Å². The second-order valence-electron chi connectivity index (χ2n) is 27.3. The van der Waals surface area contributed by atoms with Gasteiger partial charge in [0, 0.05) is 25.7 Å². The maximum Gasteiger partial charge on any atom is 0.472 e. The second kappa shape index (κ2) is 65.0. The lowest BCUT2D eigenvalue weighted by Crippen LogP contribution is -2.30. The van der Waals surface area contributed by atoms with E-state index < -0.39 is 97.5 Å². The normalized spacial score (nSPS) is 14.1. The quantitative estimate of drug-likeness (QED) is 0.0222. The predicted molar refractivity (Wildman–Crippen MR) is 372 cm³/mol. The van der Waals surface area contributed by atoms with Gasteiger partial charge in [-0.15, -0.1) is 0 Å². The first-order chi connectivity index (χ1) is 44.4. The van der Waals surface area contributed by atoms with Gasteiger partial charge in [-0.1, -0.05) is 324 Å². The summed E-state index contributed by atoms with van der Waals surface area (Å²) in [4.78, 5) is 72.5. The van der Waals surface area contributed by atoms with Gasteiger partial charge in [0.05, 0.1) is 26.4 Å². The summed E-state index contributed by atoms with van der Waals surface area (Å²) in [5.41, 5.74) is 0. The van der Waals surface area contributed by atoms with Crippen molar-refractivity contribution in [1.82, 2.24) is 0 Å². The van der Waals surface area contributed by atoms with Crippen molar-refractivity contribution in [3.8, 4) is 0 Å². The van der Waals surface area contributed by atoms with Gasteiger partial charge in [-0.05, 0) is 37.5 Å². The van der Waals surface area contributed by atoms with Crippen molar-refractivity contribution in [1.29, 1.82) is 0 Å². The van der Waals surface area contributed by atoms with Crippen molar-refractivity contribution >= 4 is 39.5 Å². The van der Waals surface area contributed by atoms with Crippen LogP contribution >= 0.6 is 15.6 Å². The van der Waals surface area contributed by atoms with E-state index in [0.717, 1.165) is 102 Å². The monoisotopic (exact) mass is 1350 g/mol. The first kappa shape index (κ1) is 90.1. The first-order valence-corrected chi connectivity index (χ1v) is 41.0. The summed E-state index contributed by atoms with van der Waals surface area (Å²) < 4.78 is 68.3. The predicted octanol–water partition coefficient (Wildman–Crippen LogP) is 21.2. The number of hydrogen-bond acceptors (Lipinski definition) is 15. The fourth-order valence-corrected chi connectivity index (χ4v) is 12.7. The van der Waals surface area contributed by atoms with E-state index in [1.165, 1.54) is 186 Å². The SMILES string of the molecule is CCCCCCCCCCCCCCCCCCCC(=O)OC[C@H](COP(=O)(O)OC[C@@H](O)COP(=O)(O)OC[C@@H](COC(=O)CCCCCCCCCC)OC(=O)CCCCCCCCC(C)C)OC(=O)CCCCCCCCCCCCCCCCCC(C)C. The molecule has 0 heterocycles. The zero-order valence-corrected chi connectivity index (χ0v) is 61.6. The molecule has 5 atom stereocenters. The molecule has 0 saturated heterocycles. The highest BCUT2D eigenvalue weighted by Gasteiger charge is 2.30. The van der Waals surface area contributed by atoms with E-state index in [1.54, 1.807) is 0 Å². The molecule has 0 aromatic rings. The summed E-state index contributed by atoms with van der Waals surface area (Å²) in [6.45, 7) is 9.48. The average molecular weight is 1350 g/mol. The third-order valence-corrected chi connectivity index (χ3v) is 18.9. The van der Waals surface area contributed by atoms with Crippen molar-refractivity contribution in [2.45, 2.75) is 394 Å². The summed E-state index contributed by atoms with van der Waals surface area (Å²) in [6, 6.07) is 0. The van der Waals surface area contributed by atoms with Crippen LogP contribution in [0, 0.1) is 11.8 Å². The van der Waals surface area contributed by atoms with E-state index in [1.807, 2.05) is 0 Å². The highest BCUT2D eigenvalue weighted by molar-refractivity contribution is 7.47. The lowest BCUT2D eigenvalue weighted by atomic mass is 10.0. The molecule has 0 fully saturated rings. The summed E-state index contributed by atoms with van der Waals surface area (Å²) in [5.74, 6) is -0.654. The van der Waals surface area contributed by atoms with Crippen molar-refractivity contribution in [2.24, 2.45) is 11.8 Å². The van der Waals surface area contributed by atoms with Crippen LogP contribution in [0.5, 0.6) is 0 Å². The minimum Gasteiger partial charge on any atom is -0.462 e. The molecule has 2 unspecified atom stereocenters. The van der Waals surface area contributed by atoms with Gasteiger partial charge in [0.15, 0.2) is 12.2 Å². The third-order valence-electron chi connectivity index (χ3n) is 17.0. The lowest BCUT2D eigenvalue weighted by Gasteiger charge is -2.21. The Balaban J connectivity index is 5.18. The Bertz CT molecular complexity index is 1790. The molecule has 0 saturated carbocycles. The molecule has 0 amide bonds. The lowest BCUT2D eigenvalue weighted by molar-refractivity contribution is -0.161. The fourth-order valence-electron chi connectivity index (χ4n) is 11.1. The van der Waals surface area contributed by atoms with Crippen LogP contribution in [0.25, 0.3) is 0 Å². The molecule has 0 radical (unpaired) electrons. The van der Waals surface area contributed by atoms with Gasteiger partial charge in [-0.2, -0.15) is 0 Å². The minimum absolute atomic E-state index is 0.102. The Morgan fingerprint density at radius 1 is 0.293 bits per heavy atom. The Kier molecular flexibility index (Phi) is 63.7. The van der Waals surface area contributed by atoms with Crippen LogP contribution in [-0.2, 0) is 65.4 Å². The number of aliphatic hydroxyl groups is 1. The third kappa shape index (κ3) is 66.7. The standard InChI is InChI=1S/C73H142O17P2/c1-7-9-11-13-15-17-18-19-20-21-24-27-30-33-37-44-50-56-71(76)84-61-68(89-72(77)57-51-45-38-34-31-28-25-22-23-26-29-32-35-41-47-53-65(3)4)63-87-91(79,80)85-59-67(74)60-86-92(81,82)88-64-69(62-83-70(75)55-49-43-36-16-14-12-10-8-2)90-73(78)58-52-46-40-39-42-48-54-66(5)6/h65-69,74H,7-64H2,1-6H3,(H,79,80)(H,81,82)/t67-,68-,69-/m1/s1. The highest BCUT2D eigenvalue weighted by atomic mass is 31.2. The number of phosphoric ester groups is 2. The number of phosphoric acid groups is 2. The molecule has 0 aliphatic rings. The Morgan fingerprint density at radius 3 is 0.739 bits per heavy atom. The summed E-state index contributed by atoms with van der Waals surface area (Å²) in [6.07, 6.45) is 51.7. The maximum absolute atomic E-state index is 13.1. The number of esters is 4. The smallest absolute Gasteiger partial charge is 0.462 e. The van der Waals surface area contributed by atoms with Crippen molar-refractivity contribution in [3.05, 3.63) is 0 Å². The van der Waals surface area contributed by atoms with Gasteiger partial charge in [0.1, 0.15) is 19.3 Å². The number of unbranched alkanes of at least 4 members (excludes halogenated alkanes) is 42. The molecular formula is C73H142O17P2. The van der Waals surface area contributed by atoms with Crippen LogP contribution in [0.3, 0.4) is 0 Å². The first-order valence-electron chi connectivity index (χ1n) is 38.0. The van der Waals surface area contributed by atoms with Crippen LogP contribution in [0.15, 0.2) is 0 Å². The molecule has 0 aromatic heterocycles. The maximum atomic E-state index is 13.1. The molecule has 19 heteroatoms. The fraction of sp³-hybridized carbons (Fsp3) is 0.945. The molecule has 0 aromatic carbocycles. The molecule has 0 rings (SSSR count). The van der Waals surface area contributed by atoms with E-state index >= 15 is 0 Å². The Labute approximate surface area is 562 Å². The van der Waals surface area contributed by atoms with Gasteiger partial charge in [0.2, 0.25) is 0 Å². The van der Waals surface area contributed by atoms with E-state index in [4.69, 9.17) is 37.0 Å². The minimum atomic E-state index is -4.95. The van der Waals surface area contributed by atoms with Gasteiger partial charge in [0.25, 0.3) is 0 Å². The summed E-state index contributed by atoms with van der Waals surface area (Å²) in [5, 5.41) is 10.6. The molecule has 0 aliphatic carbocycles. The number of carbonyl (C=O) groups is 4. The van der Waals surface area contributed by atoms with E-state index in [2.05, 4.69) is 41.5 Å². The molecular weight excluding hydrogens is 1210 g/mol. The van der Waals surface area contributed by atoms with Crippen molar-refractivity contribution in [2.75, 3.05) is 39.6 Å². The van der Waals surface area contributed by atoms with Gasteiger partial charge >= 0.3 is 39.5 Å². The molecule has 92 heavy (non-hydrogen) atoms. The Hall–Kier alpha value is -1.94. The van der Waals surface area contributed by atoms with E-state index in [9.17, 15) is 43.2 Å². The highest BCUT2D eigenvalue weighted by Crippen LogP contribution is 2.45. The van der Waals surface area contributed by atoms with Gasteiger partial charge in [-0.3, -0.25) is 37.3 Å². The zero-order chi connectivity index (χ0) is 67.9. The van der Waals surface area contributed by atoms with Gasteiger partial charge in [-0.25, -0.2) is 9.13 Å².